The lowest BCUT2D eigenvalue weighted by atomic mass is 10.0. The summed E-state index contributed by atoms with van der Waals surface area (Å²) in [7, 11) is 0. The molecule has 0 spiro atoms. The first kappa shape index (κ1) is 24.0. The molecule has 0 aromatic heterocycles. The second kappa shape index (κ2) is 11.3. The Morgan fingerprint density at radius 1 is 0.909 bits per heavy atom. The summed E-state index contributed by atoms with van der Waals surface area (Å²) in [6, 6.07) is 14.3. The Labute approximate surface area is 204 Å². The molecule has 1 atom stereocenters. The van der Waals surface area contributed by atoms with Gasteiger partial charge < -0.3 is 15.0 Å². The number of piperazine rings is 1. The molecule has 1 N–H and O–H groups in total. The van der Waals surface area contributed by atoms with Gasteiger partial charge in [0.1, 0.15) is 6.04 Å². The van der Waals surface area contributed by atoms with E-state index in [-0.39, 0.29) is 11.8 Å². The van der Waals surface area contributed by atoms with Gasteiger partial charge in [-0.05, 0) is 23.8 Å². The van der Waals surface area contributed by atoms with Gasteiger partial charge in [-0.15, -0.1) is 0 Å². The number of hydrogen-bond donors (Lipinski definition) is 1. The summed E-state index contributed by atoms with van der Waals surface area (Å²) in [4.78, 5) is 32.2. The Balaban J connectivity index is 1.41. The van der Waals surface area contributed by atoms with Gasteiger partial charge >= 0.3 is 0 Å². The van der Waals surface area contributed by atoms with Crippen LogP contribution in [0.15, 0.2) is 48.5 Å². The van der Waals surface area contributed by atoms with Crippen molar-refractivity contribution in [3.05, 3.63) is 64.1 Å². The van der Waals surface area contributed by atoms with Gasteiger partial charge in [-0.2, -0.15) is 0 Å². The molecule has 2 aliphatic rings. The van der Waals surface area contributed by atoms with Crippen molar-refractivity contribution in [2.75, 3.05) is 64.3 Å². The van der Waals surface area contributed by atoms with Gasteiger partial charge in [-0.1, -0.05) is 53.5 Å². The van der Waals surface area contributed by atoms with Crippen LogP contribution in [0.2, 0.25) is 10.0 Å². The predicted octanol–water partition coefficient (Wildman–Crippen LogP) is 3.15. The van der Waals surface area contributed by atoms with Crippen molar-refractivity contribution < 1.29 is 14.3 Å². The van der Waals surface area contributed by atoms with Crippen molar-refractivity contribution >= 4 is 40.7 Å². The molecule has 4 rings (SSSR count). The Hall–Kier alpha value is -2.16. The summed E-state index contributed by atoms with van der Waals surface area (Å²) in [5.74, 6) is -0.000635. The molecule has 2 heterocycles. The fourth-order valence-electron chi connectivity index (χ4n) is 4.28. The number of nitrogens with zero attached hydrogens (tertiary/aromatic N) is 3. The quantitative estimate of drug-likeness (QED) is 0.673. The third kappa shape index (κ3) is 6.46. The van der Waals surface area contributed by atoms with Crippen LogP contribution in [0.1, 0.15) is 11.6 Å². The van der Waals surface area contributed by atoms with E-state index in [4.69, 9.17) is 27.9 Å². The number of carbonyl (C=O) groups excluding carboxylic acids is 2. The van der Waals surface area contributed by atoms with E-state index in [0.717, 1.165) is 18.7 Å². The van der Waals surface area contributed by atoms with E-state index in [0.29, 0.717) is 61.7 Å². The van der Waals surface area contributed by atoms with E-state index in [1.807, 2.05) is 35.2 Å². The number of nitrogens with one attached hydrogen (secondary N) is 1. The van der Waals surface area contributed by atoms with Gasteiger partial charge in [-0.3, -0.25) is 19.4 Å². The normalized spacial score (nSPS) is 18.7. The Bertz CT molecular complexity index is 941. The van der Waals surface area contributed by atoms with Crippen LogP contribution in [0.5, 0.6) is 0 Å². The molecule has 0 bridgehead atoms. The lowest BCUT2D eigenvalue weighted by Gasteiger charge is -2.39. The number of carbonyl (C=O) groups is 2. The summed E-state index contributed by atoms with van der Waals surface area (Å²) in [6.45, 7) is 5.71. The Kier molecular flexibility index (Phi) is 8.22. The zero-order valence-corrected chi connectivity index (χ0v) is 19.9. The minimum atomic E-state index is -0.457. The van der Waals surface area contributed by atoms with Gasteiger partial charge in [-0.25, -0.2) is 0 Å². The molecule has 2 aromatic rings. The number of hydrogen-bond acceptors (Lipinski definition) is 5. The first-order valence-corrected chi connectivity index (χ1v) is 11.9. The summed E-state index contributed by atoms with van der Waals surface area (Å²) in [5.41, 5.74) is 1.48. The van der Waals surface area contributed by atoms with Crippen LogP contribution >= 0.6 is 23.2 Å². The van der Waals surface area contributed by atoms with Crippen LogP contribution in [0.4, 0.5) is 5.69 Å². The minimum absolute atomic E-state index is 0.141. The van der Waals surface area contributed by atoms with Crippen molar-refractivity contribution in [1.82, 2.24) is 14.7 Å². The highest BCUT2D eigenvalue weighted by molar-refractivity contribution is 6.35. The third-order valence-electron chi connectivity index (χ3n) is 5.99. The summed E-state index contributed by atoms with van der Waals surface area (Å²) in [6.07, 6.45) is 0. The molecule has 2 aliphatic heterocycles. The number of amides is 2. The average Bonchev–Trinajstić information content (AvgIpc) is 2.81. The standard InChI is InChI=1S/C24H28Cl2N4O3/c25-19-14-20(26)16-21(15-19)27-24(32)23(18-4-2-1-3-5-18)30-8-6-28(7-9-30)17-22(31)29-10-12-33-13-11-29/h1-5,14-16,23H,6-13,17H2,(H,27,32). The minimum Gasteiger partial charge on any atom is -0.378 e. The SMILES string of the molecule is O=C(Nc1cc(Cl)cc(Cl)c1)C(c1ccccc1)N1CCN(CC(=O)N2CCOCC2)CC1. The summed E-state index contributed by atoms with van der Waals surface area (Å²) >= 11 is 12.2. The number of ether oxygens (including phenoxy) is 1. The number of morpholine rings is 1. The van der Waals surface area contributed by atoms with E-state index in [1.54, 1.807) is 18.2 Å². The van der Waals surface area contributed by atoms with Gasteiger partial charge in [0.05, 0.1) is 19.8 Å². The molecule has 1 unspecified atom stereocenters. The lowest BCUT2D eigenvalue weighted by Crippen LogP contribution is -2.53. The van der Waals surface area contributed by atoms with Crippen LogP contribution in [0.25, 0.3) is 0 Å². The Morgan fingerprint density at radius 2 is 1.55 bits per heavy atom. The smallest absolute Gasteiger partial charge is 0.246 e. The molecule has 0 saturated carbocycles. The molecule has 2 amide bonds. The second-order valence-corrected chi connectivity index (χ2v) is 9.14. The van der Waals surface area contributed by atoms with E-state index < -0.39 is 6.04 Å². The van der Waals surface area contributed by atoms with E-state index in [2.05, 4.69) is 15.1 Å². The Morgan fingerprint density at radius 3 is 2.18 bits per heavy atom. The van der Waals surface area contributed by atoms with Gasteiger partial charge in [0.15, 0.2) is 0 Å². The van der Waals surface area contributed by atoms with E-state index in [9.17, 15) is 9.59 Å². The first-order valence-electron chi connectivity index (χ1n) is 11.1. The van der Waals surface area contributed by atoms with Crippen LogP contribution in [0.3, 0.4) is 0 Å². The zero-order valence-electron chi connectivity index (χ0n) is 18.4. The molecular formula is C24H28Cl2N4O3. The highest BCUT2D eigenvalue weighted by atomic mass is 35.5. The fourth-order valence-corrected chi connectivity index (χ4v) is 4.81. The predicted molar refractivity (Wildman–Crippen MR) is 130 cm³/mol. The monoisotopic (exact) mass is 490 g/mol. The number of benzene rings is 2. The van der Waals surface area contributed by atoms with Gasteiger partial charge in [0.25, 0.3) is 0 Å². The average molecular weight is 491 g/mol. The fraction of sp³-hybridized carbons (Fsp3) is 0.417. The molecule has 33 heavy (non-hydrogen) atoms. The summed E-state index contributed by atoms with van der Waals surface area (Å²) in [5, 5.41) is 3.90. The second-order valence-electron chi connectivity index (χ2n) is 8.27. The largest absolute Gasteiger partial charge is 0.378 e. The van der Waals surface area contributed by atoms with Crippen molar-refractivity contribution in [3.8, 4) is 0 Å². The molecule has 2 saturated heterocycles. The van der Waals surface area contributed by atoms with Crippen molar-refractivity contribution in [2.24, 2.45) is 0 Å². The van der Waals surface area contributed by atoms with Crippen molar-refractivity contribution in [3.63, 3.8) is 0 Å². The maximum atomic E-state index is 13.4. The maximum absolute atomic E-state index is 13.4. The van der Waals surface area contributed by atoms with Crippen molar-refractivity contribution in [2.45, 2.75) is 6.04 Å². The highest BCUT2D eigenvalue weighted by Crippen LogP contribution is 2.27. The molecule has 2 fully saturated rings. The van der Waals surface area contributed by atoms with E-state index in [1.165, 1.54) is 0 Å². The zero-order chi connectivity index (χ0) is 23.2. The number of halogens is 2. The molecule has 176 valence electrons. The lowest BCUT2D eigenvalue weighted by molar-refractivity contribution is -0.137. The summed E-state index contributed by atoms with van der Waals surface area (Å²) < 4.78 is 5.33. The first-order chi connectivity index (χ1) is 16.0. The van der Waals surface area contributed by atoms with Crippen LogP contribution in [-0.4, -0.2) is 85.5 Å². The van der Waals surface area contributed by atoms with Crippen LogP contribution in [-0.2, 0) is 14.3 Å². The van der Waals surface area contributed by atoms with Crippen LogP contribution < -0.4 is 5.32 Å². The molecule has 0 radical (unpaired) electrons. The number of anilines is 1. The molecule has 0 aliphatic carbocycles. The molecular weight excluding hydrogens is 463 g/mol. The van der Waals surface area contributed by atoms with E-state index >= 15 is 0 Å². The van der Waals surface area contributed by atoms with Gasteiger partial charge in [0, 0.05) is 55.0 Å². The molecule has 7 nitrogen and oxygen atoms in total. The highest BCUT2D eigenvalue weighted by Gasteiger charge is 2.31. The maximum Gasteiger partial charge on any atom is 0.246 e. The molecule has 2 aromatic carbocycles. The molecule has 9 heteroatoms. The van der Waals surface area contributed by atoms with Gasteiger partial charge in [0.2, 0.25) is 11.8 Å². The van der Waals surface area contributed by atoms with Crippen LogP contribution in [0, 0.1) is 0 Å². The topological polar surface area (TPSA) is 65.1 Å². The third-order valence-corrected chi connectivity index (χ3v) is 6.42. The number of rotatable bonds is 6. The van der Waals surface area contributed by atoms with Crippen molar-refractivity contribution in [1.29, 1.82) is 0 Å².